The summed E-state index contributed by atoms with van der Waals surface area (Å²) in [6.45, 7) is 12.8. The van der Waals surface area contributed by atoms with Crippen molar-refractivity contribution in [3.05, 3.63) is 94.8 Å². The van der Waals surface area contributed by atoms with Crippen LogP contribution in [0.1, 0.15) is 96.2 Å². The van der Waals surface area contributed by atoms with Crippen LogP contribution in [0, 0.1) is 34.6 Å². The lowest BCUT2D eigenvalue weighted by Gasteiger charge is -2.38. The number of nitrogens with zero attached hydrogens (tertiary/aromatic N) is 4. The first-order chi connectivity index (χ1) is 20.6. The quantitative estimate of drug-likeness (QED) is 0.162. The zero-order chi connectivity index (χ0) is 31.9. The third kappa shape index (κ3) is 7.16. The van der Waals surface area contributed by atoms with Crippen LogP contribution in [-0.2, 0) is 18.3 Å². The molecule has 0 aromatic carbocycles. The molecule has 5 rings (SSSR count). The second kappa shape index (κ2) is 12.0. The van der Waals surface area contributed by atoms with Crippen LogP contribution in [0.4, 0.5) is 17.6 Å². The fourth-order valence-corrected chi connectivity index (χ4v) is 6.37. The van der Waals surface area contributed by atoms with E-state index in [9.17, 15) is 8.78 Å². The lowest BCUT2D eigenvalue weighted by Crippen LogP contribution is -2.33. The molecule has 232 valence electrons. The summed E-state index contributed by atoms with van der Waals surface area (Å²) in [4.78, 5) is 17.0. The highest BCUT2D eigenvalue weighted by atomic mass is 19.1. The fraction of sp³-hybridized carbons (Fsp3) is 0.444. The average molecular weight is 605 g/mol. The topological polar surface area (TPSA) is 51.6 Å². The minimum absolute atomic E-state index is 0.0691. The summed E-state index contributed by atoms with van der Waals surface area (Å²) in [6.07, 6.45) is 5.82. The van der Waals surface area contributed by atoms with Gasteiger partial charge in [0.1, 0.15) is 0 Å². The third-order valence-corrected chi connectivity index (χ3v) is 8.11. The van der Waals surface area contributed by atoms with Gasteiger partial charge in [-0.25, -0.2) is 0 Å². The predicted octanol–water partition coefficient (Wildman–Crippen LogP) is 9.58. The van der Waals surface area contributed by atoms with Crippen LogP contribution in [0.25, 0.3) is 22.5 Å². The Bertz CT molecular complexity index is 1550. The van der Waals surface area contributed by atoms with Gasteiger partial charge in [0.2, 0.25) is 23.8 Å². The Morgan fingerprint density at radius 2 is 0.977 bits per heavy atom. The van der Waals surface area contributed by atoms with Gasteiger partial charge in [-0.3, -0.25) is 9.97 Å². The molecule has 4 nitrogen and oxygen atoms in total. The molecule has 0 amide bonds. The molecule has 0 bridgehead atoms. The molecule has 1 saturated carbocycles. The molecule has 4 aromatic rings. The molecule has 1 aliphatic carbocycles. The monoisotopic (exact) mass is 604 g/mol. The molecule has 0 unspecified atom stereocenters. The Kier molecular flexibility index (Phi) is 8.67. The van der Waals surface area contributed by atoms with Gasteiger partial charge in [-0.15, -0.1) is 0 Å². The Morgan fingerprint density at radius 1 is 0.568 bits per heavy atom. The summed E-state index contributed by atoms with van der Waals surface area (Å²) in [5.74, 6) is -3.62. The van der Waals surface area contributed by atoms with Crippen LogP contribution in [0.15, 0.2) is 48.5 Å². The maximum atomic E-state index is 15.0. The first-order valence-electron chi connectivity index (χ1n) is 15.3. The van der Waals surface area contributed by atoms with E-state index in [0.717, 1.165) is 66.8 Å². The summed E-state index contributed by atoms with van der Waals surface area (Å²) in [5, 5.41) is 0. The van der Waals surface area contributed by atoms with Crippen LogP contribution in [-0.4, -0.2) is 19.9 Å². The maximum Gasteiger partial charge on any atom is 0.224 e. The Balaban J connectivity index is 1.77. The van der Waals surface area contributed by atoms with Crippen LogP contribution >= 0.6 is 0 Å². The molecule has 0 saturated heterocycles. The molecule has 8 heteroatoms. The molecule has 0 radical (unpaired) electrons. The van der Waals surface area contributed by atoms with E-state index in [4.69, 9.17) is 9.97 Å². The highest BCUT2D eigenvalue weighted by molar-refractivity contribution is 5.62. The van der Waals surface area contributed by atoms with Gasteiger partial charge in [0.05, 0.1) is 39.3 Å². The van der Waals surface area contributed by atoms with Gasteiger partial charge in [-0.2, -0.15) is 27.5 Å². The highest BCUT2D eigenvalue weighted by Gasteiger charge is 2.40. The van der Waals surface area contributed by atoms with Gasteiger partial charge in [0.25, 0.3) is 0 Å². The van der Waals surface area contributed by atoms with Gasteiger partial charge >= 0.3 is 0 Å². The van der Waals surface area contributed by atoms with Gasteiger partial charge in [-0.05, 0) is 96.2 Å². The van der Waals surface area contributed by atoms with Gasteiger partial charge < -0.3 is 0 Å². The number of pyridine rings is 4. The second-order valence-corrected chi connectivity index (χ2v) is 14.6. The highest BCUT2D eigenvalue weighted by Crippen LogP contribution is 2.46. The van der Waals surface area contributed by atoms with Gasteiger partial charge in [0.15, 0.2) is 0 Å². The molecular weight excluding hydrogens is 564 g/mol. The number of halogens is 4. The van der Waals surface area contributed by atoms with Crippen molar-refractivity contribution in [3.8, 4) is 22.5 Å². The third-order valence-electron chi connectivity index (χ3n) is 8.11. The van der Waals surface area contributed by atoms with Crippen LogP contribution in [0.2, 0.25) is 0 Å². The molecule has 4 heterocycles. The normalized spacial score (nSPS) is 15.4. The summed E-state index contributed by atoms with van der Waals surface area (Å²) >= 11 is 0. The van der Waals surface area contributed by atoms with Crippen molar-refractivity contribution in [2.75, 3.05) is 0 Å². The summed E-state index contributed by atoms with van der Waals surface area (Å²) in [7, 11) is 0. The van der Waals surface area contributed by atoms with Crippen molar-refractivity contribution in [2.24, 2.45) is 10.8 Å². The minimum atomic E-state index is -0.916. The smallest absolute Gasteiger partial charge is 0.224 e. The van der Waals surface area contributed by atoms with Crippen LogP contribution < -0.4 is 0 Å². The summed E-state index contributed by atoms with van der Waals surface area (Å²) in [6, 6.07) is 12.9. The largest absolute Gasteiger partial charge is 0.252 e. The second-order valence-electron chi connectivity index (χ2n) is 14.6. The Morgan fingerprint density at radius 3 is 1.34 bits per heavy atom. The standard InChI is InChI=1S/C36H40F4N4/c1-34(2,3)20-22-16-26(24-10-12-30(37)43-32(24)39)41-28(18-22)36(14-8-7-9-15-36)29-19-23(21-35(4,5)6)17-27(42-29)25-11-13-31(38)44-33(25)40/h10-13,16-19H,7-9,14-15,20-21H2,1-6H3. The summed E-state index contributed by atoms with van der Waals surface area (Å²) < 4.78 is 57.6. The fourth-order valence-electron chi connectivity index (χ4n) is 6.37. The predicted molar refractivity (Wildman–Crippen MR) is 165 cm³/mol. The first kappa shape index (κ1) is 31.7. The number of hydrogen-bond acceptors (Lipinski definition) is 4. The lowest BCUT2D eigenvalue weighted by atomic mass is 9.68. The van der Waals surface area contributed by atoms with E-state index < -0.39 is 29.2 Å². The SMILES string of the molecule is CC(C)(C)Cc1cc(-c2ccc(F)nc2F)nc(C2(c3cc(CC(C)(C)C)cc(-c4ccc(F)nc4F)n3)CCCCC2)c1. The van der Waals surface area contributed by atoms with E-state index in [1.165, 1.54) is 12.1 Å². The van der Waals surface area contributed by atoms with Crippen molar-refractivity contribution in [3.63, 3.8) is 0 Å². The molecule has 0 spiro atoms. The van der Waals surface area contributed by atoms with E-state index in [2.05, 4.69) is 63.6 Å². The number of aromatic nitrogens is 4. The van der Waals surface area contributed by atoms with Crippen molar-refractivity contribution in [1.82, 2.24) is 19.9 Å². The Hall–Kier alpha value is -3.68. The molecule has 1 aliphatic rings. The van der Waals surface area contributed by atoms with Gasteiger partial charge in [0, 0.05) is 0 Å². The Labute approximate surface area is 257 Å². The average Bonchev–Trinajstić information content (AvgIpc) is 2.91. The van der Waals surface area contributed by atoms with Crippen molar-refractivity contribution < 1.29 is 17.6 Å². The van der Waals surface area contributed by atoms with E-state index in [1.807, 2.05) is 12.1 Å². The van der Waals surface area contributed by atoms with E-state index in [0.29, 0.717) is 24.2 Å². The van der Waals surface area contributed by atoms with Crippen molar-refractivity contribution >= 4 is 0 Å². The van der Waals surface area contributed by atoms with Crippen LogP contribution in [0.5, 0.6) is 0 Å². The van der Waals surface area contributed by atoms with Crippen LogP contribution in [0.3, 0.4) is 0 Å². The van der Waals surface area contributed by atoms with E-state index in [1.54, 1.807) is 0 Å². The van der Waals surface area contributed by atoms with Gasteiger partial charge in [-0.1, -0.05) is 60.8 Å². The maximum absolute atomic E-state index is 15.0. The molecule has 44 heavy (non-hydrogen) atoms. The zero-order valence-electron chi connectivity index (χ0n) is 26.4. The van der Waals surface area contributed by atoms with E-state index >= 15 is 8.78 Å². The molecule has 0 atom stereocenters. The molecule has 0 N–H and O–H groups in total. The number of hydrogen-bond donors (Lipinski definition) is 0. The number of rotatable bonds is 6. The minimum Gasteiger partial charge on any atom is -0.252 e. The van der Waals surface area contributed by atoms with E-state index in [-0.39, 0.29) is 22.0 Å². The molecule has 1 fully saturated rings. The molecule has 4 aromatic heterocycles. The lowest BCUT2D eigenvalue weighted by molar-refractivity contribution is 0.330. The zero-order valence-corrected chi connectivity index (χ0v) is 26.4. The first-order valence-corrected chi connectivity index (χ1v) is 15.3. The molecular formula is C36H40F4N4. The molecule has 0 aliphatic heterocycles. The summed E-state index contributed by atoms with van der Waals surface area (Å²) in [5.41, 5.74) is 3.71. The van der Waals surface area contributed by atoms with Crippen molar-refractivity contribution in [1.29, 1.82) is 0 Å². The van der Waals surface area contributed by atoms with Crippen molar-refractivity contribution in [2.45, 2.75) is 91.9 Å².